The summed E-state index contributed by atoms with van der Waals surface area (Å²) in [6.07, 6.45) is 0.445. The van der Waals surface area contributed by atoms with Crippen LogP contribution in [0.15, 0.2) is 35.3 Å². The van der Waals surface area contributed by atoms with Gasteiger partial charge in [-0.3, -0.25) is 9.36 Å². The lowest BCUT2D eigenvalue weighted by molar-refractivity contribution is 0.173. The van der Waals surface area contributed by atoms with Crippen molar-refractivity contribution in [2.45, 2.75) is 25.6 Å². The van der Waals surface area contributed by atoms with Gasteiger partial charge in [0.05, 0.1) is 31.9 Å². The second-order valence-electron chi connectivity index (χ2n) is 6.63. The van der Waals surface area contributed by atoms with Crippen LogP contribution in [0.2, 0.25) is 0 Å². The number of anilines is 1. The summed E-state index contributed by atoms with van der Waals surface area (Å²) >= 11 is 0. The van der Waals surface area contributed by atoms with Crippen molar-refractivity contribution in [3.8, 4) is 11.5 Å². The van der Waals surface area contributed by atoms with Crippen molar-refractivity contribution < 1.29 is 28.8 Å². The highest BCUT2D eigenvalue weighted by Gasteiger charge is 2.17. The number of fused-ring (bicyclic) bond motifs is 1. The van der Waals surface area contributed by atoms with Gasteiger partial charge in [-0.05, 0) is 25.1 Å². The Morgan fingerprint density at radius 2 is 1.93 bits per heavy atom. The molecule has 0 aliphatic carbocycles. The molecule has 3 rings (SSSR count). The van der Waals surface area contributed by atoms with Crippen LogP contribution < -0.4 is 15.6 Å². The van der Waals surface area contributed by atoms with Gasteiger partial charge in [-0.15, -0.1) is 0 Å². The molecule has 2 aromatic heterocycles. The van der Waals surface area contributed by atoms with Crippen molar-refractivity contribution in [2.75, 3.05) is 18.5 Å². The molecule has 1 unspecified atom stereocenters. The topological polar surface area (TPSA) is 130 Å². The quantitative estimate of drug-likeness (QED) is 0.423. The summed E-state index contributed by atoms with van der Waals surface area (Å²) in [5, 5.41) is 31.3. The number of rotatable bonds is 8. The van der Waals surface area contributed by atoms with E-state index in [4.69, 9.17) is 4.74 Å². The first-order valence-corrected chi connectivity index (χ1v) is 9.02. The second-order valence-corrected chi connectivity index (χ2v) is 6.63. The molecule has 0 radical (unpaired) electrons. The van der Waals surface area contributed by atoms with Gasteiger partial charge in [-0.1, -0.05) is 0 Å². The molecule has 1 atom stereocenters. The van der Waals surface area contributed by atoms with E-state index in [0.29, 0.717) is 11.5 Å². The third-order valence-electron chi connectivity index (χ3n) is 4.13. The second kappa shape index (κ2) is 9.11. The van der Waals surface area contributed by atoms with Gasteiger partial charge in [0.25, 0.3) is 5.56 Å². The van der Waals surface area contributed by atoms with Crippen LogP contribution in [-0.4, -0.2) is 55.2 Å². The van der Waals surface area contributed by atoms with Gasteiger partial charge in [0, 0.05) is 17.6 Å². The Morgan fingerprint density at radius 1 is 1.20 bits per heavy atom. The molecule has 30 heavy (non-hydrogen) atoms. The van der Waals surface area contributed by atoms with Gasteiger partial charge < -0.3 is 25.4 Å². The molecular weight excluding hydrogens is 402 g/mol. The number of benzene rings is 1. The van der Waals surface area contributed by atoms with E-state index in [2.05, 4.69) is 15.3 Å². The summed E-state index contributed by atoms with van der Waals surface area (Å²) in [7, 11) is 0. The Bertz CT molecular complexity index is 1100. The maximum atomic E-state index is 13.9. The molecular formula is C19H20F2N4O5. The Kier molecular flexibility index (Phi) is 6.55. The van der Waals surface area contributed by atoms with Crippen LogP contribution >= 0.6 is 0 Å². The summed E-state index contributed by atoms with van der Waals surface area (Å²) in [5.41, 5.74) is -0.544. The van der Waals surface area contributed by atoms with E-state index in [1.807, 2.05) is 0 Å². The van der Waals surface area contributed by atoms with E-state index in [-0.39, 0.29) is 42.9 Å². The van der Waals surface area contributed by atoms with Crippen LogP contribution in [0, 0.1) is 11.6 Å². The lowest BCUT2D eigenvalue weighted by atomic mass is 10.2. The number of aliphatic hydroxyl groups excluding tert-OH is 3. The fourth-order valence-electron chi connectivity index (χ4n) is 2.72. The van der Waals surface area contributed by atoms with Gasteiger partial charge in [0.15, 0.2) is 17.3 Å². The van der Waals surface area contributed by atoms with Crippen LogP contribution in [0.1, 0.15) is 6.92 Å². The van der Waals surface area contributed by atoms with E-state index in [0.717, 1.165) is 16.7 Å². The van der Waals surface area contributed by atoms with E-state index in [9.17, 15) is 28.9 Å². The first-order valence-electron chi connectivity index (χ1n) is 9.02. The lowest BCUT2D eigenvalue weighted by Crippen LogP contribution is -2.30. The van der Waals surface area contributed by atoms with Crippen molar-refractivity contribution in [1.29, 1.82) is 0 Å². The molecule has 0 saturated carbocycles. The standard InChI is InChI=1S/C19H20F2N4O5/c1-10(28)7-25-17-11(6-22-19(24-17)23-13(8-26)9-27)4-16(18(25)29)30-15-3-2-12(20)5-14(15)21/h2-6,10,13,26-28H,7-9H2,1H3,(H,22,23,24). The lowest BCUT2D eigenvalue weighted by Gasteiger charge is -2.16. The predicted octanol–water partition coefficient (Wildman–Crippen LogP) is 1.01. The van der Waals surface area contributed by atoms with E-state index in [1.165, 1.54) is 19.2 Å². The fraction of sp³-hybridized carbons (Fsp3) is 0.316. The smallest absolute Gasteiger partial charge is 0.295 e. The number of hydrogen-bond donors (Lipinski definition) is 4. The fourth-order valence-corrected chi connectivity index (χ4v) is 2.72. The number of hydrogen-bond acceptors (Lipinski definition) is 8. The molecule has 0 aliphatic heterocycles. The molecule has 0 saturated heterocycles. The van der Waals surface area contributed by atoms with Crippen LogP contribution in [0.3, 0.4) is 0 Å². The number of aliphatic hydroxyl groups is 3. The van der Waals surface area contributed by atoms with Gasteiger partial charge in [0.1, 0.15) is 11.5 Å². The zero-order chi connectivity index (χ0) is 21.8. The average Bonchev–Trinajstić information content (AvgIpc) is 2.71. The van der Waals surface area contributed by atoms with Crippen molar-refractivity contribution in [1.82, 2.24) is 14.5 Å². The molecule has 9 nitrogen and oxygen atoms in total. The van der Waals surface area contributed by atoms with E-state index < -0.39 is 29.3 Å². The summed E-state index contributed by atoms with van der Waals surface area (Å²) in [4.78, 5) is 21.2. The van der Waals surface area contributed by atoms with Gasteiger partial charge >= 0.3 is 0 Å². The molecule has 0 fully saturated rings. The Balaban J connectivity index is 2.09. The number of nitrogens with one attached hydrogen (secondary N) is 1. The van der Waals surface area contributed by atoms with Crippen LogP contribution in [-0.2, 0) is 6.54 Å². The van der Waals surface area contributed by atoms with E-state index in [1.54, 1.807) is 0 Å². The Morgan fingerprint density at radius 3 is 2.57 bits per heavy atom. The number of pyridine rings is 1. The Labute approximate surface area is 169 Å². The summed E-state index contributed by atoms with van der Waals surface area (Å²) in [6.45, 7) is 0.598. The minimum absolute atomic E-state index is 0.0487. The predicted molar refractivity (Wildman–Crippen MR) is 103 cm³/mol. The zero-order valence-electron chi connectivity index (χ0n) is 15.9. The molecule has 0 amide bonds. The van der Waals surface area contributed by atoms with Crippen molar-refractivity contribution in [3.05, 3.63) is 52.5 Å². The summed E-state index contributed by atoms with van der Waals surface area (Å²) in [5.74, 6) is -2.33. The van der Waals surface area contributed by atoms with Crippen LogP contribution in [0.5, 0.6) is 11.5 Å². The zero-order valence-corrected chi connectivity index (χ0v) is 15.9. The number of aromatic nitrogens is 3. The first kappa shape index (κ1) is 21.6. The van der Waals surface area contributed by atoms with Crippen molar-refractivity contribution in [3.63, 3.8) is 0 Å². The maximum Gasteiger partial charge on any atom is 0.295 e. The number of halogens is 2. The number of nitrogens with zero attached hydrogens (tertiary/aromatic N) is 3. The molecule has 160 valence electrons. The van der Waals surface area contributed by atoms with Crippen molar-refractivity contribution in [2.24, 2.45) is 0 Å². The SMILES string of the molecule is CC(O)Cn1c(=O)c(Oc2ccc(F)cc2F)cc2cnc(NC(CO)CO)nc21. The number of ether oxygens (including phenoxy) is 1. The molecule has 2 heterocycles. The summed E-state index contributed by atoms with van der Waals surface area (Å²) < 4.78 is 33.6. The normalized spacial score (nSPS) is 12.4. The molecule has 0 aliphatic rings. The highest BCUT2D eigenvalue weighted by molar-refractivity contribution is 5.77. The molecule has 3 aromatic rings. The van der Waals surface area contributed by atoms with E-state index >= 15 is 0 Å². The third-order valence-corrected chi connectivity index (χ3v) is 4.13. The highest BCUT2D eigenvalue weighted by atomic mass is 19.1. The summed E-state index contributed by atoms with van der Waals surface area (Å²) in [6, 6.07) is 3.28. The molecule has 0 spiro atoms. The van der Waals surface area contributed by atoms with Gasteiger partial charge in [0.2, 0.25) is 5.95 Å². The van der Waals surface area contributed by atoms with Crippen LogP contribution in [0.4, 0.5) is 14.7 Å². The minimum atomic E-state index is -0.980. The van der Waals surface area contributed by atoms with Crippen molar-refractivity contribution >= 4 is 17.0 Å². The minimum Gasteiger partial charge on any atom is -0.448 e. The monoisotopic (exact) mass is 422 g/mol. The third kappa shape index (κ3) is 4.70. The molecule has 4 N–H and O–H groups in total. The molecule has 0 bridgehead atoms. The first-order chi connectivity index (χ1) is 14.3. The average molecular weight is 422 g/mol. The Hall–Kier alpha value is -3.15. The highest BCUT2D eigenvalue weighted by Crippen LogP contribution is 2.25. The molecule has 11 heteroatoms. The van der Waals surface area contributed by atoms with Gasteiger partial charge in [-0.25, -0.2) is 13.8 Å². The largest absolute Gasteiger partial charge is 0.448 e. The van der Waals surface area contributed by atoms with Crippen LogP contribution in [0.25, 0.3) is 11.0 Å². The molecule has 1 aromatic carbocycles. The maximum absolute atomic E-state index is 13.9. The van der Waals surface area contributed by atoms with Gasteiger partial charge in [-0.2, -0.15) is 4.98 Å².